The van der Waals surface area contributed by atoms with Crippen LogP contribution in [0.2, 0.25) is 0 Å². The predicted octanol–water partition coefficient (Wildman–Crippen LogP) is 3.36. The van der Waals surface area contributed by atoms with Gasteiger partial charge in [0.25, 0.3) is 0 Å². The number of hydrogen-bond acceptors (Lipinski definition) is 2. The zero-order valence-electron chi connectivity index (χ0n) is 7.75. The van der Waals surface area contributed by atoms with Gasteiger partial charge in [0.1, 0.15) is 6.61 Å². The summed E-state index contributed by atoms with van der Waals surface area (Å²) in [5, 5.41) is 3.86. The van der Waals surface area contributed by atoms with Crippen molar-refractivity contribution < 1.29 is 4.84 Å². The van der Waals surface area contributed by atoms with Gasteiger partial charge in [-0.15, -0.1) is 0 Å². The number of nitrogens with zero attached hydrogens (tertiary/aromatic N) is 1. The van der Waals surface area contributed by atoms with Gasteiger partial charge in [0, 0.05) is 10.0 Å². The minimum Gasteiger partial charge on any atom is -0.391 e. The molecule has 1 aromatic carbocycles. The van der Waals surface area contributed by atoms with E-state index in [-0.39, 0.29) is 0 Å². The molecule has 0 heterocycles. The SMILES string of the molecule is CC(C)=NOCc1ccccc1Br. The Morgan fingerprint density at radius 2 is 2.08 bits per heavy atom. The van der Waals surface area contributed by atoms with Gasteiger partial charge in [0.05, 0.1) is 5.71 Å². The van der Waals surface area contributed by atoms with Gasteiger partial charge >= 0.3 is 0 Å². The number of rotatable bonds is 3. The average Bonchev–Trinajstić information content (AvgIpc) is 2.08. The van der Waals surface area contributed by atoms with Crippen molar-refractivity contribution in [3.05, 3.63) is 34.3 Å². The Bertz CT molecular complexity index is 306. The van der Waals surface area contributed by atoms with Crippen LogP contribution in [0.1, 0.15) is 19.4 Å². The van der Waals surface area contributed by atoms with Crippen molar-refractivity contribution in [2.45, 2.75) is 20.5 Å². The second-order valence-corrected chi connectivity index (χ2v) is 3.76. The summed E-state index contributed by atoms with van der Waals surface area (Å²) < 4.78 is 1.05. The fourth-order valence-electron chi connectivity index (χ4n) is 0.846. The lowest BCUT2D eigenvalue weighted by Crippen LogP contribution is -1.90. The molecule has 0 aromatic heterocycles. The smallest absolute Gasteiger partial charge is 0.143 e. The Morgan fingerprint density at radius 1 is 1.38 bits per heavy atom. The van der Waals surface area contributed by atoms with Crippen LogP contribution in [0.5, 0.6) is 0 Å². The van der Waals surface area contributed by atoms with Crippen molar-refractivity contribution in [2.75, 3.05) is 0 Å². The molecule has 70 valence electrons. The van der Waals surface area contributed by atoms with E-state index in [1.165, 1.54) is 0 Å². The Hall–Kier alpha value is -0.830. The maximum Gasteiger partial charge on any atom is 0.143 e. The van der Waals surface area contributed by atoms with Gasteiger partial charge in [-0.1, -0.05) is 39.3 Å². The average molecular weight is 242 g/mol. The topological polar surface area (TPSA) is 21.6 Å². The molecule has 1 aromatic rings. The molecule has 3 heteroatoms. The quantitative estimate of drug-likeness (QED) is 0.588. The van der Waals surface area contributed by atoms with Crippen LogP contribution in [-0.2, 0) is 11.4 Å². The number of oxime groups is 1. The molecule has 0 bridgehead atoms. The third kappa shape index (κ3) is 3.59. The summed E-state index contributed by atoms with van der Waals surface area (Å²) >= 11 is 3.44. The number of halogens is 1. The van der Waals surface area contributed by atoms with Crippen LogP contribution >= 0.6 is 15.9 Å². The van der Waals surface area contributed by atoms with E-state index in [4.69, 9.17) is 4.84 Å². The van der Waals surface area contributed by atoms with Crippen LogP contribution < -0.4 is 0 Å². The van der Waals surface area contributed by atoms with E-state index in [1.807, 2.05) is 38.1 Å². The van der Waals surface area contributed by atoms with Gasteiger partial charge in [0.15, 0.2) is 0 Å². The first kappa shape index (κ1) is 10.3. The van der Waals surface area contributed by atoms with E-state index < -0.39 is 0 Å². The van der Waals surface area contributed by atoms with Gasteiger partial charge in [-0.2, -0.15) is 0 Å². The Kier molecular flexibility index (Phi) is 3.96. The standard InChI is InChI=1S/C10H12BrNO/c1-8(2)12-13-7-9-5-3-4-6-10(9)11/h3-6H,7H2,1-2H3. The first-order chi connectivity index (χ1) is 6.20. The highest BCUT2D eigenvalue weighted by molar-refractivity contribution is 9.10. The maximum absolute atomic E-state index is 5.12. The van der Waals surface area contributed by atoms with E-state index in [9.17, 15) is 0 Å². The lowest BCUT2D eigenvalue weighted by Gasteiger charge is -2.02. The third-order valence-electron chi connectivity index (χ3n) is 1.43. The summed E-state index contributed by atoms with van der Waals surface area (Å²) in [5.41, 5.74) is 2.03. The van der Waals surface area contributed by atoms with Crippen molar-refractivity contribution in [3.8, 4) is 0 Å². The van der Waals surface area contributed by atoms with Gasteiger partial charge in [-0.05, 0) is 19.9 Å². The molecule has 0 atom stereocenters. The third-order valence-corrected chi connectivity index (χ3v) is 2.20. The Labute approximate surface area is 86.7 Å². The fourth-order valence-corrected chi connectivity index (χ4v) is 1.25. The van der Waals surface area contributed by atoms with Crippen LogP contribution in [0.15, 0.2) is 33.9 Å². The molecule has 0 N–H and O–H groups in total. The lowest BCUT2D eigenvalue weighted by atomic mass is 10.2. The van der Waals surface area contributed by atoms with Gasteiger partial charge < -0.3 is 4.84 Å². The molecule has 0 radical (unpaired) electrons. The highest BCUT2D eigenvalue weighted by Gasteiger charge is 1.97. The van der Waals surface area contributed by atoms with Crippen molar-refractivity contribution >= 4 is 21.6 Å². The molecule has 0 unspecified atom stereocenters. The van der Waals surface area contributed by atoms with E-state index >= 15 is 0 Å². The maximum atomic E-state index is 5.12. The molecule has 0 amide bonds. The molecule has 0 fully saturated rings. The molecule has 0 saturated carbocycles. The molecule has 0 aliphatic carbocycles. The minimum absolute atomic E-state index is 0.507. The molecule has 2 nitrogen and oxygen atoms in total. The highest BCUT2D eigenvalue weighted by atomic mass is 79.9. The van der Waals surface area contributed by atoms with E-state index in [2.05, 4.69) is 21.1 Å². The summed E-state index contributed by atoms with van der Waals surface area (Å²) in [6.45, 7) is 4.31. The molecule has 1 rings (SSSR count). The Balaban J connectivity index is 2.55. The van der Waals surface area contributed by atoms with Crippen LogP contribution in [-0.4, -0.2) is 5.71 Å². The molecule has 0 saturated heterocycles. The summed E-state index contributed by atoms with van der Waals surface area (Å²) in [6.07, 6.45) is 0. The van der Waals surface area contributed by atoms with Crippen molar-refractivity contribution in [1.82, 2.24) is 0 Å². The van der Waals surface area contributed by atoms with Crippen molar-refractivity contribution in [1.29, 1.82) is 0 Å². The second-order valence-electron chi connectivity index (χ2n) is 2.90. The van der Waals surface area contributed by atoms with Crippen molar-refractivity contribution in [2.24, 2.45) is 5.16 Å². The van der Waals surface area contributed by atoms with E-state index in [0.29, 0.717) is 6.61 Å². The monoisotopic (exact) mass is 241 g/mol. The first-order valence-electron chi connectivity index (χ1n) is 4.06. The normalized spacial score (nSPS) is 9.46. The molecule has 0 aliphatic rings. The predicted molar refractivity (Wildman–Crippen MR) is 57.7 cm³/mol. The van der Waals surface area contributed by atoms with Gasteiger partial charge in [0.2, 0.25) is 0 Å². The molecular weight excluding hydrogens is 230 g/mol. The van der Waals surface area contributed by atoms with E-state index in [1.54, 1.807) is 0 Å². The van der Waals surface area contributed by atoms with Gasteiger partial charge in [-0.3, -0.25) is 0 Å². The summed E-state index contributed by atoms with van der Waals surface area (Å²) in [7, 11) is 0. The summed E-state index contributed by atoms with van der Waals surface area (Å²) in [6, 6.07) is 7.94. The fraction of sp³-hybridized carbons (Fsp3) is 0.300. The molecule has 13 heavy (non-hydrogen) atoms. The highest BCUT2D eigenvalue weighted by Crippen LogP contribution is 2.16. The Morgan fingerprint density at radius 3 is 2.69 bits per heavy atom. The largest absolute Gasteiger partial charge is 0.391 e. The number of hydrogen-bond donors (Lipinski definition) is 0. The van der Waals surface area contributed by atoms with Crippen LogP contribution in [0.4, 0.5) is 0 Å². The zero-order chi connectivity index (χ0) is 9.68. The van der Waals surface area contributed by atoms with E-state index in [0.717, 1.165) is 15.7 Å². The minimum atomic E-state index is 0.507. The second kappa shape index (κ2) is 5.02. The van der Waals surface area contributed by atoms with Crippen LogP contribution in [0.25, 0.3) is 0 Å². The van der Waals surface area contributed by atoms with Crippen LogP contribution in [0, 0.1) is 0 Å². The summed E-state index contributed by atoms with van der Waals surface area (Å²) in [5.74, 6) is 0. The van der Waals surface area contributed by atoms with Crippen molar-refractivity contribution in [3.63, 3.8) is 0 Å². The molecule has 0 spiro atoms. The zero-order valence-corrected chi connectivity index (χ0v) is 9.34. The van der Waals surface area contributed by atoms with Gasteiger partial charge in [-0.25, -0.2) is 0 Å². The molecule has 0 aliphatic heterocycles. The lowest BCUT2D eigenvalue weighted by molar-refractivity contribution is 0.130. The number of benzene rings is 1. The molecular formula is C10H12BrNO. The first-order valence-corrected chi connectivity index (χ1v) is 4.86. The summed E-state index contributed by atoms with van der Waals surface area (Å²) in [4.78, 5) is 5.12. The van der Waals surface area contributed by atoms with Crippen LogP contribution in [0.3, 0.4) is 0 Å².